The van der Waals surface area contributed by atoms with Gasteiger partial charge in [-0.15, -0.1) is 0 Å². The molecule has 0 saturated heterocycles. The van der Waals surface area contributed by atoms with E-state index in [9.17, 15) is 0 Å². The van der Waals surface area contributed by atoms with Crippen LogP contribution in [0.2, 0.25) is 0 Å². The average Bonchev–Trinajstić information content (AvgIpc) is 0. The predicted molar refractivity (Wildman–Crippen MR) is 0 cm³/mol. The van der Waals surface area contributed by atoms with Crippen molar-refractivity contribution in [2.75, 3.05) is 0 Å². The van der Waals surface area contributed by atoms with Crippen LogP contribution >= 0.6 is 0 Å². The molecule has 0 N–H and O–H groups in total. The van der Waals surface area contributed by atoms with Gasteiger partial charge in [-0.25, -0.2) is 0 Å². The quantitative estimate of drug-likeness (QED) is 0.526. The molecule has 0 rings (SSSR count). The molecule has 0 heterocycles. The van der Waals surface area contributed by atoms with Crippen molar-refractivity contribution in [1.82, 2.24) is 0 Å². The van der Waals surface area contributed by atoms with Crippen molar-refractivity contribution < 1.29 is 67.7 Å². The fraction of sp³-hybridized carbons (Fsp3) is 0. The Morgan fingerprint density at radius 2 is 0.500 bits per heavy atom. The van der Waals surface area contributed by atoms with Crippen LogP contribution in [0.5, 0.6) is 0 Å². The van der Waals surface area contributed by atoms with Gasteiger partial charge in [0.25, 0.3) is 0 Å². The summed E-state index contributed by atoms with van der Waals surface area (Å²) in [5, 5.41) is 0. The Hall–Kier alpha value is 2.05. The van der Waals surface area contributed by atoms with Gasteiger partial charge in [0.05, 0.1) is 0 Å². The zero-order valence-electron chi connectivity index (χ0n) is 1.27. The summed E-state index contributed by atoms with van der Waals surface area (Å²) < 4.78 is 0. The first kappa shape index (κ1) is 36.7. The van der Waals surface area contributed by atoms with E-state index in [4.69, 9.17) is 0 Å². The molecule has 0 aromatic rings. The molecule has 0 nitrogen and oxygen atoms in total. The van der Waals surface area contributed by atoms with Gasteiger partial charge >= 0.3 is 0 Å². The summed E-state index contributed by atoms with van der Waals surface area (Å²) in [6, 6.07) is 0. The molecule has 4 heteroatoms. The van der Waals surface area contributed by atoms with Crippen molar-refractivity contribution in [2.24, 2.45) is 0 Å². The van der Waals surface area contributed by atoms with Crippen molar-refractivity contribution >= 4 is 0 Å². The Morgan fingerprint density at radius 1 is 0.500 bits per heavy atom. The van der Waals surface area contributed by atoms with E-state index in [-0.39, 0.29) is 67.7 Å². The third-order valence-electron chi connectivity index (χ3n) is 0. The maximum atomic E-state index is 0. The van der Waals surface area contributed by atoms with E-state index in [1.165, 1.54) is 0 Å². The molecule has 0 aliphatic carbocycles. The topological polar surface area (TPSA) is 0 Å². The van der Waals surface area contributed by atoms with E-state index in [0.717, 1.165) is 0 Å². The fourth-order valence-electron chi connectivity index (χ4n) is 0. The summed E-state index contributed by atoms with van der Waals surface area (Å²) >= 11 is 0. The Labute approximate surface area is 67.2 Å². The van der Waals surface area contributed by atoms with Gasteiger partial charge in [-0.1, -0.05) is 0 Å². The fourth-order valence-corrected chi connectivity index (χ4v) is 0. The molecule has 4 radical (unpaired) electrons. The van der Waals surface area contributed by atoms with E-state index in [1.807, 2.05) is 0 Å². The van der Waals surface area contributed by atoms with E-state index in [2.05, 4.69) is 0 Å². The monoisotopic (exact) mass is 244 g/mol. The van der Waals surface area contributed by atoms with Crippen molar-refractivity contribution in [2.45, 2.75) is 0 Å². The summed E-state index contributed by atoms with van der Waals surface area (Å²) in [6.45, 7) is 0. The first-order valence-corrected chi connectivity index (χ1v) is 0. The largest absolute Gasteiger partial charge is 0 e. The summed E-state index contributed by atoms with van der Waals surface area (Å²) in [6.07, 6.45) is 0. The van der Waals surface area contributed by atoms with Crippen molar-refractivity contribution in [3.05, 3.63) is 0 Å². The third-order valence-corrected chi connectivity index (χ3v) is 0. The number of hydrogen-bond acceptors (Lipinski definition) is 0. The van der Waals surface area contributed by atoms with Crippen LogP contribution in [0.4, 0.5) is 0 Å². The number of hydrogen-bond donors (Lipinski definition) is 0. The molecule has 4 heavy (non-hydrogen) atoms. The molecule has 0 aliphatic heterocycles. The Morgan fingerprint density at radius 3 is 0.500 bits per heavy atom. The smallest absolute Gasteiger partial charge is 0 e. The minimum atomic E-state index is 0. The van der Waals surface area contributed by atoms with Gasteiger partial charge in [0.1, 0.15) is 0 Å². The van der Waals surface area contributed by atoms with Gasteiger partial charge in [0, 0.05) is 67.7 Å². The summed E-state index contributed by atoms with van der Waals surface area (Å²) in [5.74, 6) is 0. The van der Waals surface area contributed by atoms with E-state index >= 15 is 0 Å². The van der Waals surface area contributed by atoms with Crippen LogP contribution in [0.1, 0.15) is 0 Å². The normalized spacial score (nSPS) is 0. The second kappa shape index (κ2) is 19.7. The predicted octanol–water partition coefficient (Wildman–Crippen LogP) is -0.0100. The minimum absolute atomic E-state index is 0. The van der Waals surface area contributed by atoms with Crippen molar-refractivity contribution in [3.63, 3.8) is 0 Å². The summed E-state index contributed by atoms with van der Waals surface area (Å²) in [4.78, 5) is 0. The standard InChI is InChI=1S/2Co.2Cu. The van der Waals surface area contributed by atoms with E-state index < -0.39 is 0 Å². The molecular weight excluding hydrogens is 245 g/mol. The van der Waals surface area contributed by atoms with Crippen LogP contribution in [0.25, 0.3) is 0 Å². The van der Waals surface area contributed by atoms with Gasteiger partial charge in [0.2, 0.25) is 0 Å². The molecule has 0 bridgehead atoms. The van der Waals surface area contributed by atoms with Crippen LogP contribution in [-0.2, 0) is 67.7 Å². The van der Waals surface area contributed by atoms with Crippen LogP contribution in [0, 0.1) is 0 Å². The van der Waals surface area contributed by atoms with Gasteiger partial charge in [-0.05, 0) is 0 Å². The van der Waals surface area contributed by atoms with Crippen LogP contribution in [-0.4, -0.2) is 0 Å². The van der Waals surface area contributed by atoms with Gasteiger partial charge in [-0.3, -0.25) is 0 Å². The Kier molecular flexibility index (Phi) is 181. The second-order valence-electron chi connectivity index (χ2n) is 0. The van der Waals surface area contributed by atoms with Gasteiger partial charge in [-0.2, -0.15) is 0 Å². The first-order valence-electron chi connectivity index (χ1n) is 0. The van der Waals surface area contributed by atoms with Crippen LogP contribution in [0.15, 0.2) is 0 Å². The van der Waals surface area contributed by atoms with E-state index in [0.29, 0.717) is 0 Å². The van der Waals surface area contributed by atoms with Crippen molar-refractivity contribution in [1.29, 1.82) is 0 Å². The number of rotatable bonds is 0. The van der Waals surface area contributed by atoms with E-state index in [1.54, 1.807) is 0 Å². The average molecular weight is 245 g/mol. The molecule has 0 aromatic heterocycles. The molecule has 0 fully saturated rings. The SMILES string of the molecule is [Co].[Co].[Cu].[Cu]. The zero-order valence-corrected chi connectivity index (χ0v) is 5.24. The summed E-state index contributed by atoms with van der Waals surface area (Å²) in [5.41, 5.74) is 0. The van der Waals surface area contributed by atoms with Crippen molar-refractivity contribution in [3.8, 4) is 0 Å². The maximum absolute atomic E-state index is 0. The van der Waals surface area contributed by atoms with Gasteiger partial charge in [0.15, 0.2) is 0 Å². The Bertz CT molecular complexity index is 4.00. The molecule has 0 aliphatic rings. The molecular formula is Co2Cu2. The molecule has 0 spiro atoms. The van der Waals surface area contributed by atoms with Gasteiger partial charge < -0.3 is 0 Å². The van der Waals surface area contributed by atoms with Crippen LogP contribution in [0.3, 0.4) is 0 Å². The third kappa shape index (κ3) is 8.96. The molecule has 0 saturated carbocycles. The summed E-state index contributed by atoms with van der Waals surface area (Å²) in [7, 11) is 0. The van der Waals surface area contributed by atoms with Crippen LogP contribution < -0.4 is 0 Å². The molecule has 0 amide bonds. The second-order valence-corrected chi connectivity index (χ2v) is 0. The zero-order chi connectivity index (χ0) is 0. The first-order chi connectivity index (χ1) is 0. The molecule has 0 unspecified atom stereocenters. The Balaban J connectivity index is 0. The maximum Gasteiger partial charge on any atom is 0 e. The molecule has 40 valence electrons. The molecule has 0 aromatic carbocycles. The minimum Gasteiger partial charge on any atom is 0 e. The molecule has 0 atom stereocenters.